The molecule has 1 amide bonds. The first-order chi connectivity index (χ1) is 12.4. The molecule has 26 heavy (non-hydrogen) atoms. The minimum Gasteiger partial charge on any atom is -0.481 e. The second-order valence-corrected chi connectivity index (χ2v) is 7.22. The zero-order valence-corrected chi connectivity index (χ0v) is 14.4. The molecule has 1 aromatic heterocycles. The number of halogens is 1. The molecular weight excluding hydrogens is 339 g/mol. The van der Waals surface area contributed by atoms with Crippen LogP contribution in [0.2, 0.25) is 0 Å². The van der Waals surface area contributed by atoms with Gasteiger partial charge in [0.1, 0.15) is 5.82 Å². The van der Waals surface area contributed by atoms with Gasteiger partial charge in [-0.05, 0) is 49.4 Å². The quantitative estimate of drug-likeness (QED) is 0.907. The molecule has 1 aliphatic carbocycles. The minimum atomic E-state index is -0.820. The maximum atomic E-state index is 13.3. The van der Waals surface area contributed by atoms with Crippen molar-refractivity contribution in [1.29, 1.82) is 0 Å². The summed E-state index contributed by atoms with van der Waals surface area (Å²) in [6.07, 6.45) is 3.83. The van der Waals surface area contributed by atoms with Crippen LogP contribution in [0.5, 0.6) is 0 Å². The number of rotatable bonds is 3. The summed E-state index contributed by atoms with van der Waals surface area (Å²) in [5.74, 6) is -1.48. The van der Waals surface area contributed by atoms with Crippen molar-refractivity contribution in [3.05, 3.63) is 41.5 Å². The lowest BCUT2D eigenvalue weighted by molar-refractivity contribution is -0.149. The zero-order valence-electron chi connectivity index (χ0n) is 14.4. The average Bonchev–Trinajstić information content (AvgIpc) is 3.28. The molecule has 1 saturated heterocycles. The fraction of sp³-hybridized carbons (Fsp3) is 0.444. The number of hydrogen-bond acceptors (Lipinski definition) is 4. The van der Waals surface area contributed by atoms with Gasteiger partial charge < -0.3 is 10.0 Å². The normalized spacial score (nSPS) is 24.7. The van der Waals surface area contributed by atoms with Crippen LogP contribution in [0, 0.1) is 24.1 Å². The van der Waals surface area contributed by atoms with Crippen LogP contribution in [-0.2, 0) is 4.79 Å². The number of aromatic nitrogens is 3. The van der Waals surface area contributed by atoms with Gasteiger partial charge in [-0.2, -0.15) is 0 Å². The number of likely N-dealkylation sites (tertiary alicyclic amines) is 1. The van der Waals surface area contributed by atoms with Crippen LogP contribution in [0.3, 0.4) is 0 Å². The Balaban J connectivity index is 1.57. The second-order valence-electron chi connectivity index (χ2n) is 7.22. The average molecular weight is 358 g/mol. The monoisotopic (exact) mass is 358 g/mol. The van der Waals surface area contributed by atoms with Crippen molar-refractivity contribution >= 4 is 11.9 Å². The van der Waals surface area contributed by atoms with Crippen LogP contribution < -0.4 is 0 Å². The molecule has 2 fully saturated rings. The Bertz CT molecular complexity index is 896. The molecule has 8 heteroatoms. The number of hydrogen-bond donors (Lipinski definition) is 1. The van der Waals surface area contributed by atoms with Crippen LogP contribution in [0.25, 0.3) is 5.69 Å². The molecule has 0 bridgehead atoms. The molecule has 1 aromatic carbocycles. The van der Waals surface area contributed by atoms with Crippen molar-refractivity contribution in [2.24, 2.45) is 11.3 Å². The van der Waals surface area contributed by atoms with Crippen molar-refractivity contribution in [1.82, 2.24) is 19.9 Å². The number of carbonyl (C=O) groups is 2. The third-order valence-corrected chi connectivity index (χ3v) is 5.70. The lowest BCUT2D eigenvalue weighted by Crippen LogP contribution is -2.37. The number of amides is 1. The van der Waals surface area contributed by atoms with Gasteiger partial charge in [-0.1, -0.05) is 11.6 Å². The first-order valence-electron chi connectivity index (χ1n) is 8.62. The summed E-state index contributed by atoms with van der Waals surface area (Å²) in [5, 5.41) is 17.6. The van der Waals surface area contributed by atoms with Crippen molar-refractivity contribution in [3.8, 4) is 5.69 Å². The summed E-state index contributed by atoms with van der Waals surface area (Å²) >= 11 is 0. The molecule has 1 saturated carbocycles. The van der Waals surface area contributed by atoms with Crippen LogP contribution >= 0.6 is 0 Å². The predicted octanol–water partition coefficient (Wildman–Crippen LogP) is 2.04. The van der Waals surface area contributed by atoms with Gasteiger partial charge in [-0.25, -0.2) is 9.07 Å². The Morgan fingerprint density at radius 1 is 1.38 bits per heavy atom. The minimum absolute atomic E-state index is 0.00154. The Labute approximate surface area is 149 Å². The van der Waals surface area contributed by atoms with E-state index in [-0.39, 0.29) is 29.9 Å². The predicted molar refractivity (Wildman–Crippen MR) is 89.4 cm³/mol. The van der Waals surface area contributed by atoms with Crippen LogP contribution in [-0.4, -0.2) is 50.0 Å². The number of carboxylic acids is 1. The number of carbonyl (C=O) groups excluding carboxylic acids is 1. The largest absolute Gasteiger partial charge is 0.481 e. The Kier molecular flexibility index (Phi) is 3.78. The highest BCUT2D eigenvalue weighted by atomic mass is 19.1. The number of fused-ring (bicyclic) bond motifs is 1. The van der Waals surface area contributed by atoms with Crippen molar-refractivity contribution in [3.63, 3.8) is 0 Å². The molecule has 2 aliphatic rings. The summed E-state index contributed by atoms with van der Waals surface area (Å²) in [5.41, 5.74) is 0.654. The van der Waals surface area contributed by atoms with Crippen molar-refractivity contribution in [2.75, 3.05) is 13.1 Å². The summed E-state index contributed by atoms with van der Waals surface area (Å²) in [4.78, 5) is 26.1. The SMILES string of the molecule is Cc1cc(F)ccc1-n1cc(C(=O)N2C[C@@H]3CCC[C@@]3(C(=O)O)C2)nn1. The second kappa shape index (κ2) is 5.89. The molecule has 7 nitrogen and oxygen atoms in total. The van der Waals surface area contributed by atoms with Gasteiger partial charge >= 0.3 is 5.97 Å². The van der Waals surface area contributed by atoms with Gasteiger partial charge in [0.25, 0.3) is 5.91 Å². The maximum Gasteiger partial charge on any atom is 0.311 e. The molecule has 1 N–H and O–H groups in total. The summed E-state index contributed by atoms with van der Waals surface area (Å²) < 4.78 is 14.7. The molecule has 2 atom stereocenters. The van der Waals surface area contributed by atoms with Gasteiger partial charge in [0.05, 0.1) is 17.3 Å². The van der Waals surface area contributed by atoms with Crippen LogP contribution in [0.1, 0.15) is 35.3 Å². The first kappa shape index (κ1) is 16.7. The Hall–Kier alpha value is -2.77. The van der Waals surface area contributed by atoms with E-state index in [2.05, 4.69) is 10.3 Å². The molecule has 0 unspecified atom stereocenters. The Morgan fingerprint density at radius 3 is 2.88 bits per heavy atom. The van der Waals surface area contributed by atoms with Crippen LogP contribution in [0.4, 0.5) is 4.39 Å². The van der Waals surface area contributed by atoms with Crippen LogP contribution in [0.15, 0.2) is 24.4 Å². The topological polar surface area (TPSA) is 88.3 Å². The van der Waals surface area contributed by atoms with E-state index in [9.17, 15) is 19.1 Å². The molecule has 2 heterocycles. The highest BCUT2D eigenvalue weighted by Gasteiger charge is 2.56. The van der Waals surface area contributed by atoms with E-state index < -0.39 is 11.4 Å². The number of carboxylic acid groups (broad SMARTS) is 1. The number of aryl methyl sites for hydroxylation is 1. The molecule has 1 aliphatic heterocycles. The van der Waals surface area contributed by atoms with E-state index in [4.69, 9.17) is 0 Å². The fourth-order valence-electron chi connectivity index (χ4n) is 4.31. The summed E-state index contributed by atoms with van der Waals surface area (Å²) in [7, 11) is 0. The summed E-state index contributed by atoms with van der Waals surface area (Å²) in [6.45, 7) is 2.40. The van der Waals surface area contributed by atoms with Gasteiger partial charge in [0.2, 0.25) is 0 Å². The number of aliphatic carboxylic acids is 1. The van der Waals surface area contributed by atoms with Gasteiger partial charge in [-0.15, -0.1) is 5.10 Å². The third-order valence-electron chi connectivity index (χ3n) is 5.70. The highest BCUT2D eigenvalue weighted by Crippen LogP contribution is 2.49. The highest BCUT2D eigenvalue weighted by molar-refractivity contribution is 5.93. The standard InChI is InChI=1S/C18H19FN4O3/c1-11-7-13(19)4-5-15(11)23-9-14(20-21-23)16(24)22-8-12-3-2-6-18(12,10-22)17(25)26/h4-5,7,9,12H,2-3,6,8,10H2,1H3,(H,25,26)/t12-,18+/m0/s1. The lowest BCUT2D eigenvalue weighted by atomic mass is 9.81. The first-order valence-corrected chi connectivity index (χ1v) is 8.62. The van der Waals surface area contributed by atoms with Crippen molar-refractivity contribution < 1.29 is 19.1 Å². The number of benzene rings is 1. The molecule has 136 valence electrons. The molecule has 0 spiro atoms. The Morgan fingerprint density at radius 2 is 2.19 bits per heavy atom. The van der Waals surface area contributed by atoms with Gasteiger partial charge in [0, 0.05) is 13.1 Å². The molecule has 2 aromatic rings. The molecular formula is C18H19FN4O3. The lowest BCUT2D eigenvalue weighted by Gasteiger charge is -2.22. The number of nitrogens with zero attached hydrogens (tertiary/aromatic N) is 4. The van der Waals surface area contributed by atoms with Gasteiger partial charge in [0.15, 0.2) is 5.69 Å². The molecule has 0 radical (unpaired) electrons. The van der Waals surface area contributed by atoms with E-state index >= 15 is 0 Å². The van der Waals surface area contributed by atoms with Crippen molar-refractivity contribution in [2.45, 2.75) is 26.2 Å². The van der Waals surface area contributed by atoms with E-state index in [1.165, 1.54) is 23.0 Å². The summed E-state index contributed by atoms with van der Waals surface area (Å²) in [6, 6.07) is 4.29. The van der Waals surface area contributed by atoms with E-state index in [0.29, 0.717) is 24.2 Å². The van der Waals surface area contributed by atoms with E-state index in [0.717, 1.165) is 12.8 Å². The van der Waals surface area contributed by atoms with Gasteiger partial charge in [-0.3, -0.25) is 9.59 Å². The third kappa shape index (κ3) is 2.48. The molecule has 4 rings (SSSR count). The maximum absolute atomic E-state index is 13.3. The van der Waals surface area contributed by atoms with E-state index in [1.54, 1.807) is 17.9 Å². The van der Waals surface area contributed by atoms with E-state index in [1.807, 2.05) is 0 Å². The smallest absolute Gasteiger partial charge is 0.311 e. The zero-order chi connectivity index (χ0) is 18.5. The fourth-order valence-corrected chi connectivity index (χ4v) is 4.31.